The monoisotopic (exact) mass is 296 g/mol. The number of nitrogens with zero attached hydrogens (tertiary/aromatic N) is 4. The molecular weight excluding hydrogens is 288 g/mol. The van der Waals surface area contributed by atoms with Crippen molar-refractivity contribution in [3.05, 3.63) is 60.8 Å². The van der Waals surface area contributed by atoms with E-state index in [1.807, 2.05) is 0 Å². The van der Waals surface area contributed by atoms with Crippen LogP contribution in [-0.4, -0.2) is 19.6 Å². The third kappa shape index (κ3) is 2.75. The van der Waals surface area contributed by atoms with Gasteiger partial charge in [0.25, 0.3) is 5.69 Å². The van der Waals surface area contributed by atoms with E-state index in [-0.39, 0.29) is 18.1 Å². The molecule has 0 fully saturated rings. The lowest BCUT2D eigenvalue weighted by molar-refractivity contribution is -0.390. The molecule has 0 spiro atoms. The van der Waals surface area contributed by atoms with Gasteiger partial charge in [-0.3, -0.25) is 10.1 Å². The molecule has 0 radical (unpaired) electrons. The Balaban J connectivity index is 2.34. The van der Waals surface area contributed by atoms with Crippen molar-refractivity contribution in [3.8, 4) is 0 Å². The summed E-state index contributed by atoms with van der Waals surface area (Å²) in [7, 11) is 0. The van der Waals surface area contributed by atoms with Gasteiger partial charge in [0.2, 0.25) is 0 Å². The van der Waals surface area contributed by atoms with Gasteiger partial charge in [-0.25, -0.2) is 0 Å². The first kappa shape index (κ1) is 13.9. The Morgan fingerprint density at radius 3 is 2.55 bits per heavy atom. The van der Waals surface area contributed by atoms with Gasteiger partial charge in [0.15, 0.2) is 0 Å². The number of aryl methyl sites for hydroxylation is 1. The van der Waals surface area contributed by atoms with Crippen LogP contribution in [0.2, 0.25) is 5.02 Å². The van der Waals surface area contributed by atoms with Gasteiger partial charge in [0.1, 0.15) is 0 Å². The molecule has 0 aliphatic heterocycles. The average Bonchev–Trinajstić information content (AvgIpc) is 2.73. The van der Waals surface area contributed by atoms with E-state index in [1.165, 1.54) is 29.1 Å². The molecule has 8 nitrogen and oxygen atoms in total. The molecule has 0 atom stereocenters. The molecule has 1 aromatic carbocycles. The number of benzene rings is 1. The Labute approximate surface area is 117 Å². The van der Waals surface area contributed by atoms with Crippen LogP contribution < -0.4 is 0 Å². The topological polar surface area (TPSA) is 104 Å². The Morgan fingerprint density at radius 2 is 2.00 bits per heavy atom. The van der Waals surface area contributed by atoms with Crippen LogP contribution in [0.25, 0.3) is 0 Å². The predicted molar refractivity (Wildman–Crippen MR) is 70.8 cm³/mol. The summed E-state index contributed by atoms with van der Waals surface area (Å²) in [5.41, 5.74) is 0.789. The molecule has 2 rings (SSSR count). The highest BCUT2D eigenvalue weighted by Gasteiger charge is 2.18. The van der Waals surface area contributed by atoms with Crippen LogP contribution in [0, 0.1) is 27.2 Å². The van der Waals surface area contributed by atoms with Gasteiger partial charge in [-0.05, 0) is 17.9 Å². The number of nitro groups is 2. The van der Waals surface area contributed by atoms with E-state index in [0.29, 0.717) is 16.1 Å². The third-order valence-corrected chi connectivity index (χ3v) is 3.03. The lowest BCUT2D eigenvalue weighted by Gasteiger charge is -2.02. The van der Waals surface area contributed by atoms with Crippen LogP contribution in [0.15, 0.2) is 24.4 Å². The second-order valence-electron chi connectivity index (χ2n) is 4.12. The van der Waals surface area contributed by atoms with Crippen molar-refractivity contribution in [1.29, 1.82) is 0 Å². The first-order chi connectivity index (χ1) is 9.38. The van der Waals surface area contributed by atoms with Crippen molar-refractivity contribution >= 4 is 23.1 Å². The van der Waals surface area contributed by atoms with Crippen molar-refractivity contribution in [2.45, 2.75) is 13.5 Å². The first-order valence-electron chi connectivity index (χ1n) is 5.49. The van der Waals surface area contributed by atoms with Gasteiger partial charge in [0.05, 0.1) is 28.3 Å². The Hall–Kier alpha value is -2.48. The number of rotatable bonds is 4. The number of hydrogen-bond donors (Lipinski definition) is 0. The van der Waals surface area contributed by atoms with Gasteiger partial charge in [0, 0.05) is 22.7 Å². The fourth-order valence-corrected chi connectivity index (χ4v) is 1.92. The predicted octanol–water partition coefficient (Wildman–Crippen LogP) is 2.71. The normalized spacial score (nSPS) is 10.5. The molecular formula is C11H9ClN4O4. The minimum atomic E-state index is -0.582. The zero-order chi connectivity index (χ0) is 14.9. The maximum absolute atomic E-state index is 10.7. The molecule has 20 heavy (non-hydrogen) atoms. The van der Waals surface area contributed by atoms with Crippen LogP contribution in [0.4, 0.5) is 11.5 Å². The van der Waals surface area contributed by atoms with Crippen molar-refractivity contribution in [2.75, 3.05) is 0 Å². The lowest BCUT2D eigenvalue weighted by atomic mass is 10.2. The largest absolute Gasteiger partial charge is 0.392 e. The minimum absolute atomic E-state index is 0.0947. The van der Waals surface area contributed by atoms with Gasteiger partial charge < -0.3 is 10.1 Å². The van der Waals surface area contributed by atoms with Crippen LogP contribution in [0.3, 0.4) is 0 Å². The molecule has 0 unspecified atom stereocenters. The molecule has 0 aliphatic carbocycles. The third-order valence-electron chi connectivity index (χ3n) is 2.66. The molecule has 1 aromatic heterocycles. The Kier molecular flexibility index (Phi) is 3.66. The van der Waals surface area contributed by atoms with E-state index in [4.69, 9.17) is 11.6 Å². The van der Waals surface area contributed by atoms with E-state index in [9.17, 15) is 20.2 Å². The lowest BCUT2D eigenvalue weighted by Crippen LogP contribution is -2.02. The number of halogens is 1. The molecule has 104 valence electrons. The zero-order valence-electron chi connectivity index (χ0n) is 10.3. The summed E-state index contributed by atoms with van der Waals surface area (Å²) >= 11 is 5.96. The molecule has 0 N–H and O–H groups in total. The van der Waals surface area contributed by atoms with Crippen LogP contribution in [0.1, 0.15) is 11.1 Å². The SMILES string of the molecule is Cc1cn(Cc2cc([N+](=O)[O-])ccc2Cl)nc1[N+](=O)[O-]. The van der Waals surface area contributed by atoms with E-state index in [0.717, 1.165) is 0 Å². The Bertz CT molecular complexity index is 698. The highest BCUT2D eigenvalue weighted by atomic mass is 35.5. The van der Waals surface area contributed by atoms with Gasteiger partial charge in [-0.15, -0.1) is 0 Å². The Morgan fingerprint density at radius 1 is 1.30 bits per heavy atom. The zero-order valence-corrected chi connectivity index (χ0v) is 11.1. The second kappa shape index (κ2) is 5.25. The number of non-ortho nitro benzene ring substituents is 1. The van der Waals surface area contributed by atoms with E-state index in [1.54, 1.807) is 6.92 Å². The van der Waals surface area contributed by atoms with Gasteiger partial charge in [-0.1, -0.05) is 11.6 Å². The summed E-state index contributed by atoms with van der Waals surface area (Å²) in [6.45, 7) is 1.69. The maximum atomic E-state index is 10.7. The minimum Gasteiger partial charge on any atom is -0.358 e. The van der Waals surface area contributed by atoms with E-state index in [2.05, 4.69) is 5.10 Å². The van der Waals surface area contributed by atoms with Gasteiger partial charge in [-0.2, -0.15) is 4.68 Å². The summed E-state index contributed by atoms with van der Waals surface area (Å²) in [4.78, 5) is 20.3. The summed E-state index contributed by atoms with van der Waals surface area (Å²) in [6, 6.07) is 4.04. The van der Waals surface area contributed by atoms with Crippen molar-refractivity contribution in [2.24, 2.45) is 0 Å². The van der Waals surface area contributed by atoms with Crippen molar-refractivity contribution in [3.63, 3.8) is 0 Å². The quantitative estimate of drug-likeness (QED) is 0.637. The molecule has 9 heteroatoms. The van der Waals surface area contributed by atoms with Crippen LogP contribution >= 0.6 is 11.6 Å². The smallest absolute Gasteiger partial charge is 0.358 e. The van der Waals surface area contributed by atoms with E-state index < -0.39 is 9.85 Å². The van der Waals surface area contributed by atoms with Crippen molar-refractivity contribution in [1.82, 2.24) is 9.78 Å². The summed E-state index contributed by atoms with van der Waals surface area (Å²) in [5.74, 6) is -0.244. The average molecular weight is 297 g/mol. The fraction of sp³-hybridized carbons (Fsp3) is 0.182. The number of aromatic nitrogens is 2. The van der Waals surface area contributed by atoms with Crippen LogP contribution in [0.5, 0.6) is 0 Å². The van der Waals surface area contributed by atoms with Gasteiger partial charge >= 0.3 is 5.82 Å². The van der Waals surface area contributed by atoms with Crippen molar-refractivity contribution < 1.29 is 9.85 Å². The standard InChI is InChI=1S/C11H9ClN4O4/c1-7-5-14(13-11(7)16(19)20)6-8-4-9(15(17)18)2-3-10(8)12/h2-5H,6H2,1H3. The maximum Gasteiger partial charge on any atom is 0.392 e. The highest BCUT2D eigenvalue weighted by molar-refractivity contribution is 6.31. The molecule has 0 bridgehead atoms. The molecule has 0 amide bonds. The summed E-state index contributed by atoms with van der Waals surface area (Å²) in [5, 5.41) is 25.6. The highest BCUT2D eigenvalue weighted by Crippen LogP contribution is 2.23. The number of nitro benzene ring substituents is 1. The van der Waals surface area contributed by atoms with E-state index >= 15 is 0 Å². The number of hydrogen-bond acceptors (Lipinski definition) is 5. The second-order valence-corrected chi connectivity index (χ2v) is 4.53. The van der Waals surface area contributed by atoms with Crippen LogP contribution in [-0.2, 0) is 6.54 Å². The summed E-state index contributed by atoms with van der Waals surface area (Å²) in [6.07, 6.45) is 1.49. The fourth-order valence-electron chi connectivity index (χ4n) is 1.74. The molecule has 2 aromatic rings. The molecule has 0 aliphatic rings. The summed E-state index contributed by atoms with van der Waals surface area (Å²) < 4.78 is 1.33. The molecule has 0 saturated heterocycles. The molecule has 1 heterocycles. The first-order valence-corrected chi connectivity index (χ1v) is 5.87. The molecule has 0 saturated carbocycles.